The second-order valence-corrected chi connectivity index (χ2v) is 5.91. The van der Waals surface area contributed by atoms with Gasteiger partial charge in [0.2, 0.25) is 0 Å². The quantitative estimate of drug-likeness (QED) is 0.782. The SMILES string of the molecule is COC(=O)C1(c2ccc(OC[C@H]3CCC3(F)F)cc2)CC1. The Kier molecular flexibility index (Phi) is 3.38. The predicted molar refractivity (Wildman–Crippen MR) is 72.5 cm³/mol. The lowest BCUT2D eigenvalue weighted by Crippen LogP contribution is -2.42. The maximum atomic E-state index is 13.1. The molecule has 2 saturated carbocycles. The van der Waals surface area contributed by atoms with Crippen molar-refractivity contribution in [1.82, 2.24) is 0 Å². The highest BCUT2D eigenvalue weighted by Crippen LogP contribution is 2.49. The summed E-state index contributed by atoms with van der Waals surface area (Å²) in [5.41, 5.74) is 0.393. The highest BCUT2D eigenvalue weighted by molar-refractivity contribution is 5.86. The molecule has 2 fully saturated rings. The lowest BCUT2D eigenvalue weighted by atomic mass is 9.81. The molecule has 1 aromatic rings. The van der Waals surface area contributed by atoms with Gasteiger partial charge in [0.15, 0.2) is 0 Å². The molecule has 1 aromatic carbocycles. The molecule has 0 amide bonds. The Hall–Kier alpha value is -1.65. The summed E-state index contributed by atoms with van der Waals surface area (Å²) in [6.45, 7) is 0.0362. The molecule has 0 radical (unpaired) electrons. The van der Waals surface area contributed by atoms with Crippen LogP contribution in [0.2, 0.25) is 0 Å². The number of benzene rings is 1. The van der Waals surface area contributed by atoms with Crippen LogP contribution in [0.15, 0.2) is 24.3 Å². The molecule has 0 N–H and O–H groups in total. The maximum absolute atomic E-state index is 13.1. The van der Waals surface area contributed by atoms with Crippen molar-refractivity contribution in [3.8, 4) is 5.75 Å². The van der Waals surface area contributed by atoms with E-state index < -0.39 is 17.3 Å². The normalized spacial score (nSPS) is 24.8. The molecule has 5 heteroatoms. The molecule has 3 rings (SSSR count). The number of halogens is 2. The molecule has 114 valence electrons. The number of hydrogen-bond acceptors (Lipinski definition) is 3. The van der Waals surface area contributed by atoms with E-state index in [0.29, 0.717) is 12.2 Å². The van der Waals surface area contributed by atoms with E-state index in [1.807, 2.05) is 12.1 Å². The number of alkyl halides is 2. The molecule has 1 atom stereocenters. The molecule has 0 bridgehead atoms. The summed E-state index contributed by atoms with van der Waals surface area (Å²) in [5.74, 6) is -2.92. The highest BCUT2D eigenvalue weighted by atomic mass is 19.3. The fraction of sp³-hybridized carbons (Fsp3) is 0.562. The first-order valence-corrected chi connectivity index (χ1v) is 7.17. The summed E-state index contributed by atoms with van der Waals surface area (Å²) >= 11 is 0. The van der Waals surface area contributed by atoms with E-state index >= 15 is 0 Å². The molecule has 0 unspecified atom stereocenters. The molecular formula is C16H18F2O3. The molecule has 0 heterocycles. The van der Waals surface area contributed by atoms with Crippen molar-refractivity contribution in [1.29, 1.82) is 0 Å². The van der Waals surface area contributed by atoms with Crippen LogP contribution in [0.5, 0.6) is 5.75 Å². The van der Waals surface area contributed by atoms with Crippen molar-refractivity contribution < 1.29 is 23.0 Å². The van der Waals surface area contributed by atoms with Gasteiger partial charge >= 0.3 is 5.97 Å². The van der Waals surface area contributed by atoms with Crippen LogP contribution in [0.25, 0.3) is 0 Å². The van der Waals surface area contributed by atoms with Crippen LogP contribution in [0, 0.1) is 5.92 Å². The van der Waals surface area contributed by atoms with E-state index in [4.69, 9.17) is 9.47 Å². The van der Waals surface area contributed by atoms with Crippen LogP contribution in [-0.2, 0) is 14.9 Å². The van der Waals surface area contributed by atoms with Gasteiger partial charge in [0.05, 0.1) is 25.0 Å². The van der Waals surface area contributed by atoms with E-state index in [1.165, 1.54) is 7.11 Å². The minimum atomic E-state index is -2.58. The van der Waals surface area contributed by atoms with Crippen LogP contribution in [0.1, 0.15) is 31.2 Å². The van der Waals surface area contributed by atoms with Gasteiger partial charge in [0, 0.05) is 6.42 Å². The van der Waals surface area contributed by atoms with E-state index in [1.54, 1.807) is 12.1 Å². The van der Waals surface area contributed by atoms with Gasteiger partial charge in [-0.3, -0.25) is 4.79 Å². The summed E-state index contributed by atoms with van der Waals surface area (Å²) in [6, 6.07) is 7.10. The minimum Gasteiger partial charge on any atom is -0.493 e. The second-order valence-electron chi connectivity index (χ2n) is 5.91. The number of hydrogen-bond donors (Lipinski definition) is 0. The van der Waals surface area contributed by atoms with Crippen LogP contribution in [0.4, 0.5) is 8.78 Å². The highest BCUT2D eigenvalue weighted by Gasteiger charge is 2.52. The zero-order chi connectivity index (χ0) is 15.1. The summed E-state index contributed by atoms with van der Waals surface area (Å²) < 4.78 is 36.5. The Labute approximate surface area is 122 Å². The van der Waals surface area contributed by atoms with Crippen LogP contribution >= 0.6 is 0 Å². The molecule has 0 aliphatic heterocycles. The number of carbonyl (C=O) groups excluding carboxylic acids is 1. The second kappa shape index (κ2) is 4.97. The van der Waals surface area contributed by atoms with Crippen molar-refractivity contribution >= 4 is 5.97 Å². The first-order chi connectivity index (χ1) is 9.98. The number of ether oxygens (including phenoxy) is 2. The standard InChI is InChI=1S/C16H18F2O3/c1-20-14(19)15(8-9-15)11-2-4-13(5-3-11)21-10-12-6-7-16(12,17)18/h2-5,12H,6-10H2,1H3/t12-/m1/s1. The van der Waals surface area contributed by atoms with E-state index in [0.717, 1.165) is 18.4 Å². The minimum absolute atomic E-state index is 0.0362. The van der Waals surface area contributed by atoms with Gasteiger partial charge in [-0.15, -0.1) is 0 Å². The van der Waals surface area contributed by atoms with Crippen LogP contribution in [0.3, 0.4) is 0 Å². The third-order valence-electron chi connectivity index (χ3n) is 4.61. The fourth-order valence-electron chi connectivity index (χ4n) is 2.77. The zero-order valence-corrected chi connectivity index (χ0v) is 11.9. The fourth-order valence-corrected chi connectivity index (χ4v) is 2.77. The number of carbonyl (C=O) groups is 1. The molecule has 2 aliphatic rings. The smallest absolute Gasteiger partial charge is 0.316 e. The summed E-state index contributed by atoms with van der Waals surface area (Å²) in [7, 11) is 1.39. The van der Waals surface area contributed by atoms with Crippen molar-refractivity contribution in [2.75, 3.05) is 13.7 Å². The lowest BCUT2D eigenvalue weighted by molar-refractivity contribution is -0.144. The van der Waals surface area contributed by atoms with Crippen molar-refractivity contribution in [3.05, 3.63) is 29.8 Å². The van der Waals surface area contributed by atoms with Gasteiger partial charge < -0.3 is 9.47 Å². The van der Waals surface area contributed by atoms with Crippen molar-refractivity contribution in [2.24, 2.45) is 5.92 Å². The molecule has 0 spiro atoms. The van der Waals surface area contributed by atoms with E-state index in [-0.39, 0.29) is 19.0 Å². The third-order valence-corrected chi connectivity index (χ3v) is 4.61. The molecule has 21 heavy (non-hydrogen) atoms. The zero-order valence-electron chi connectivity index (χ0n) is 11.9. The van der Waals surface area contributed by atoms with Crippen LogP contribution in [-0.4, -0.2) is 25.6 Å². The Balaban J connectivity index is 1.61. The van der Waals surface area contributed by atoms with Gasteiger partial charge in [0.25, 0.3) is 5.92 Å². The number of esters is 1. The monoisotopic (exact) mass is 296 g/mol. The Morgan fingerprint density at radius 3 is 2.33 bits per heavy atom. The summed E-state index contributed by atoms with van der Waals surface area (Å²) in [4.78, 5) is 11.8. The van der Waals surface area contributed by atoms with Crippen molar-refractivity contribution in [2.45, 2.75) is 37.0 Å². The topological polar surface area (TPSA) is 35.5 Å². The average molecular weight is 296 g/mol. The molecule has 0 saturated heterocycles. The maximum Gasteiger partial charge on any atom is 0.316 e. The van der Waals surface area contributed by atoms with Crippen molar-refractivity contribution in [3.63, 3.8) is 0 Å². The summed E-state index contributed by atoms with van der Waals surface area (Å²) in [5, 5.41) is 0. The van der Waals surface area contributed by atoms with E-state index in [9.17, 15) is 13.6 Å². The summed E-state index contributed by atoms with van der Waals surface area (Å²) in [6.07, 6.45) is 2.04. The number of rotatable bonds is 5. The van der Waals surface area contributed by atoms with Crippen LogP contribution < -0.4 is 4.74 Å². The van der Waals surface area contributed by atoms with Gasteiger partial charge in [-0.05, 0) is 37.0 Å². The molecule has 2 aliphatic carbocycles. The Morgan fingerprint density at radius 2 is 1.90 bits per heavy atom. The van der Waals surface area contributed by atoms with Gasteiger partial charge in [-0.1, -0.05) is 12.1 Å². The first-order valence-electron chi connectivity index (χ1n) is 7.17. The Morgan fingerprint density at radius 1 is 1.24 bits per heavy atom. The molecular weight excluding hydrogens is 278 g/mol. The third kappa shape index (κ3) is 2.49. The largest absolute Gasteiger partial charge is 0.493 e. The lowest BCUT2D eigenvalue weighted by Gasteiger charge is -2.35. The average Bonchev–Trinajstić information content (AvgIpc) is 3.28. The van der Waals surface area contributed by atoms with Gasteiger partial charge in [-0.25, -0.2) is 8.78 Å². The predicted octanol–water partition coefficient (Wildman–Crippen LogP) is 3.32. The van der Waals surface area contributed by atoms with Gasteiger partial charge in [0.1, 0.15) is 5.75 Å². The van der Waals surface area contributed by atoms with E-state index in [2.05, 4.69) is 0 Å². The number of methoxy groups -OCH3 is 1. The Bertz CT molecular complexity index is 535. The first kappa shape index (κ1) is 14.3. The molecule has 3 nitrogen and oxygen atoms in total. The van der Waals surface area contributed by atoms with Gasteiger partial charge in [-0.2, -0.15) is 0 Å². The molecule has 0 aromatic heterocycles.